The van der Waals surface area contributed by atoms with Crippen LogP contribution in [0.4, 0.5) is 0 Å². The van der Waals surface area contributed by atoms with Gasteiger partial charge in [0.2, 0.25) is 0 Å². The van der Waals surface area contributed by atoms with Gasteiger partial charge in [-0.2, -0.15) is 0 Å². The number of hydrogen-bond donors (Lipinski definition) is 0. The van der Waals surface area contributed by atoms with Crippen LogP contribution in [0.15, 0.2) is 0 Å². The second-order valence-electron chi connectivity index (χ2n) is 9.90. The molecule has 0 amide bonds. The smallest absolute Gasteiger partial charge is 0.759 e. The molecule has 0 spiro atoms. The molecule has 0 bridgehead atoms. The van der Waals surface area contributed by atoms with E-state index in [1.165, 1.54) is 143 Å². The molecule has 0 aromatic heterocycles. The van der Waals surface area contributed by atoms with E-state index in [-0.39, 0.29) is 17.1 Å². The van der Waals surface area contributed by atoms with E-state index >= 15 is 0 Å². The maximum atomic E-state index is 8.52. The van der Waals surface area contributed by atoms with E-state index in [2.05, 4.69) is 47.3 Å². The molecule has 1 aliphatic rings. The molecule has 0 aliphatic carbocycles. The number of rotatable bonds is 12. The molecule has 1 radical (unpaired) electrons. The largest absolute Gasteiger partial charge is 2.00 e. The molecule has 0 saturated carbocycles. The average Bonchev–Trinajstić information content (AvgIpc) is 2.80. The molecule has 0 aromatic rings. The van der Waals surface area contributed by atoms with Gasteiger partial charge in [-0.25, -0.2) is 0 Å². The standard InChI is InChI=1S/C26H56N4.Mn.H2O4S/c1-5-9-15-27-19-13-20-29(17-11-7-3)25-26-30(18-12-8-4)22-14-21-28(24-23-27)16-10-6-2;;1-5(2,3)4/h5-26H2,1-4H3;;(H2,1,2,3,4)/q;+2;/p-2. The van der Waals surface area contributed by atoms with Crippen LogP contribution in [0.25, 0.3) is 0 Å². The van der Waals surface area contributed by atoms with Gasteiger partial charge in [0.1, 0.15) is 0 Å². The Kier molecular flexibility index (Phi) is 27.2. The van der Waals surface area contributed by atoms with Crippen molar-refractivity contribution < 1.29 is 34.6 Å². The molecule has 1 heterocycles. The third-order valence-electron chi connectivity index (χ3n) is 6.67. The second-order valence-corrected chi connectivity index (χ2v) is 10.7. The normalized spacial score (nSPS) is 18.6. The van der Waals surface area contributed by atoms with Crippen molar-refractivity contribution in [3.8, 4) is 0 Å². The van der Waals surface area contributed by atoms with Gasteiger partial charge in [0.25, 0.3) is 0 Å². The van der Waals surface area contributed by atoms with Crippen molar-refractivity contribution in [2.24, 2.45) is 0 Å². The summed E-state index contributed by atoms with van der Waals surface area (Å²) in [7, 11) is -5.17. The van der Waals surface area contributed by atoms with Gasteiger partial charge in [0, 0.05) is 36.6 Å². The number of nitrogens with zero attached hydrogens (tertiary/aromatic N) is 4. The fraction of sp³-hybridized carbons (Fsp3) is 1.00. The van der Waals surface area contributed by atoms with E-state index in [9.17, 15) is 0 Å². The Morgan fingerprint density at radius 1 is 0.500 bits per heavy atom. The van der Waals surface area contributed by atoms with Crippen LogP contribution in [0.5, 0.6) is 0 Å². The van der Waals surface area contributed by atoms with E-state index in [1.54, 1.807) is 0 Å². The molecule has 1 rings (SSSR count). The molecule has 0 atom stereocenters. The zero-order valence-corrected chi connectivity index (χ0v) is 25.8. The molecule has 0 N–H and O–H groups in total. The van der Waals surface area contributed by atoms with E-state index < -0.39 is 10.4 Å². The Morgan fingerprint density at radius 2 is 0.694 bits per heavy atom. The Morgan fingerprint density at radius 3 is 0.861 bits per heavy atom. The fourth-order valence-corrected chi connectivity index (χ4v) is 4.47. The van der Waals surface area contributed by atoms with Gasteiger partial charge in [0.05, 0.1) is 0 Å². The van der Waals surface area contributed by atoms with Crippen LogP contribution >= 0.6 is 0 Å². The van der Waals surface area contributed by atoms with Crippen molar-refractivity contribution in [2.75, 3.05) is 78.5 Å². The van der Waals surface area contributed by atoms with Crippen LogP contribution in [-0.4, -0.2) is 116 Å². The maximum absolute atomic E-state index is 8.52. The van der Waals surface area contributed by atoms with Crippen molar-refractivity contribution in [1.29, 1.82) is 0 Å². The van der Waals surface area contributed by atoms with Gasteiger partial charge in [-0.3, -0.25) is 8.42 Å². The van der Waals surface area contributed by atoms with Gasteiger partial charge in [-0.15, -0.1) is 0 Å². The predicted octanol–water partition coefficient (Wildman–Crippen LogP) is 3.85. The van der Waals surface area contributed by atoms with Gasteiger partial charge in [-0.05, 0) is 90.9 Å². The topological polar surface area (TPSA) is 93.2 Å². The first-order chi connectivity index (χ1) is 16.7. The van der Waals surface area contributed by atoms with Gasteiger partial charge < -0.3 is 28.7 Å². The SMILES string of the molecule is CCCCN1CCCN(CCCC)CCN(CCCC)CCCN(CCCC)CC1.O=S(=O)([O-])[O-].[Mn+2]. The second kappa shape index (κ2) is 25.5. The summed E-state index contributed by atoms with van der Waals surface area (Å²) in [5, 5.41) is 0. The molecular formula is C26H56MnN4O4S. The first kappa shape index (κ1) is 38.4. The van der Waals surface area contributed by atoms with Crippen molar-refractivity contribution in [3.63, 3.8) is 0 Å². The summed E-state index contributed by atoms with van der Waals surface area (Å²) in [5.41, 5.74) is 0. The fourth-order valence-electron chi connectivity index (χ4n) is 4.47. The molecule has 8 nitrogen and oxygen atoms in total. The van der Waals surface area contributed by atoms with Crippen LogP contribution in [0.1, 0.15) is 91.9 Å². The van der Waals surface area contributed by atoms with Crippen LogP contribution in [-0.2, 0) is 27.5 Å². The molecular weight excluding hydrogens is 519 g/mol. The zero-order chi connectivity index (χ0) is 26.4. The monoisotopic (exact) mass is 575 g/mol. The average molecular weight is 576 g/mol. The van der Waals surface area contributed by atoms with E-state index in [1.807, 2.05) is 0 Å². The first-order valence-electron chi connectivity index (χ1n) is 14.3. The molecule has 1 fully saturated rings. The quantitative estimate of drug-likeness (QED) is 0.197. The summed E-state index contributed by atoms with van der Waals surface area (Å²) in [6, 6.07) is 0. The Labute approximate surface area is 234 Å². The zero-order valence-electron chi connectivity index (χ0n) is 23.8. The Balaban J connectivity index is 0. The van der Waals surface area contributed by atoms with Crippen molar-refractivity contribution in [1.82, 2.24) is 19.6 Å². The number of hydrogen-bond acceptors (Lipinski definition) is 8. The maximum Gasteiger partial charge on any atom is 2.00 e. The molecule has 1 saturated heterocycles. The first-order valence-corrected chi connectivity index (χ1v) is 15.6. The van der Waals surface area contributed by atoms with Crippen molar-refractivity contribution in [3.05, 3.63) is 0 Å². The predicted molar refractivity (Wildman–Crippen MR) is 145 cm³/mol. The molecule has 217 valence electrons. The van der Waals surface area contributed by atoms with Gasteiger partial charge >= 0.3 is 17.1 Å². The summed E-state index contributed by atoms with van der Waals surface area (Å²) in [6.45, 7) is 24.6. The molecule has 0 unspecified atom stereocenters. The van der Waals surface area contributed by atoms with Crippen molar-refractivity contribution in [2.45, 2.75) is 91.9 Å². The van der Waals surface area contributed by atoms with Gasteiger partial charge in [-0.1, -0.05) is 53.4 Å². The Hall–Kier alpha value is 0.229. The van der Waals surface area contributed by atoms with Gasteiger partial charge in [0.15, 0.2) is 0 Å². The summed E-state index contributed by atoms with van der Waals surface area (Å²) in [5.74, 6) is 0. The third-order valence-corrected chi connectivity index (χ3v) is 6.67. The molecule has 36 heavy (non-hydrogen) atoms. The summed E-state index contributed by atoms with van der Waals surface area (Å²) < 4.78 is 34.1. The molecule has 0 aromatic carbocycles. The van der Waals surface area contributed by atoms with E-state index in [0.29, 0.717) is 0 Å². The summed E-state index contributed by atoms with van der Waals surface area (Å²) in [6.07, 6.45) is 13.3. The number of unbranched alkanes of at least 4 members (excludes halogenated alkanes) is 4. The summed E-state index contributed by atoms with van der Waals surface area (Å²) >= 11 is 0. The molecule has 1 aliphatic heterocycles. The minimum Gasteiger partial charge on any atom is -0.759 e. The Bertz CT molecular complexity index is 498. The summed E-state index contributed by atoms with van der Waals surface area (Å²) in [4.78, 5) is 11.1. The van der Waals surface area contributed by atoms with E-state index in [0.717, 1.165) is 0 Å². The van der Waals surface area contributed by atoms with Crippen LogP contribution in [0.3, 0.4) is 0 Å². The van der Waals surface area contributed by atoms with E-state index in [4.69, 9.17) is 17.5 Å². The van der Waals surface area contributed by atoms with Crippen LogP contribution in [0, 0.1) is 0 Å². The van der Waals surface area contributed by atoms with Crippen LogP contribution in [0.2, 0.25) is 0 Å². The van der Waals surface area contributed by atoms with Crippen LogP contribution < -0.4 is 0 Å². The third kappa shape index (κ3) is 25.9. The minimum atomic E-state index is -5.17. The minimum absolute atomic E-state index is 0. The van der Waals surface area contributed by atoms with Crippen molar-refractivity contribution >= 4 is 10.4 Å². The molecule has 10 heteroatoms.